The van der Waals surface area contributed by atoms with Gasteiger partial charge in [0.2, 0.25) is 5.28 Å². The lowest BCUT2D eigenvalue weighted by atomic mass is 9.93. The Morgan fingerprint density at radius 1 is 1.35 bits per heavy atom. The predicted molar refractivity (Wildman–Crippen MR) is 75.9 cm³/mol. The summed E-state index contributed by atoms with van der Waals surface area (Å²) in [4.78, 5) is 22.7. The minimum atomic E-state index is -0.0164. The van der Waals surface area contributed by atoms with E-state index in [1.54, 1.807) is 6.20 Å². The zero-order valence-electron chi connectivity index (χ0n) is 11.3. The third-order valence-corrected chi connectivity index (χ3v) is 4.80. The van der Waals surface area contributed by atoms with Crippen molar-refractivity contribution in [3.8, 4) is 0 Å². The highest BCUT2D eigenvalue weighted by Crippen LogP contribution is 2.43. The molecule has 104 valence electrons. The van der Waals surface area contributed by atoms with Gasteiger partial charge >= 0.3 is 0 Å². The van der Waals surface area contributed by atoms with Crippen LogP contribution in [0, 0.1) is 0 Å². The van der Waals surface area contributed by atoms with Gasteiger partial charge in [-0.25, -0.2) is 4.98 Å². The fraction of sp³-hybridized carbons (Fsp3) is 0.500. The average molecular weight is 291 g/mol. The minimum absolute atomic E-state index is 0.0164. The second kappa shape index (κ2) is 3.95. The van der Waals surface area contributed by atoms with Crippen LogP contribution in [0.15, 0.2) is 12.3 Å². The van der Waals surface area contributed by atoms with Crippen LogP contribution in [0.5, 0.6) is 0 Å². The lowest BCUT2D eigenvalue weighted by molar-refractivity contribution is 0.0626. The van der Waals surface area contributed by atoms with Crippen molar-refractivity contribution >= 4 is 28.5 Å². The summed E-state index contributed by atoms with van der Waals surface area (Å²) < 4.78 is 2.13. The van der Waals surface area contributed by atoms with Gasteiger partial charge in [-0.05, 0) is 30.5 Å². The summed E-state index contributed by atoms with van der Waals surface area (Å²) in [6.07, 6.45) is 6.26. The van der Waals surface area contributed by atoms with Crippen LogP contribution in [0.4, 0.5) is 0 Å². The van der Waals surface area contributed by atoms with Gasteiger partial charge in [0.25, 0.3) is 5.91 Å². The molecule has 0 N–H and O–H groups in total. The largest absolute Gasteiger partial charge is 0.338 e. The minimum Gasteiger partial charge on any atom is -0.338 e. The molecular weight excluding hydrogens is 276 g/mol. The van der Waals surface area contributed by atoms with Crippen LogP contribution in [-0.4, -0.2) is 38.9 Å². The molecule has 5 nitrogen and oxygen atoms in total. The Balaban J connectivity index is 2.06. The number of carbonyl (C=O) groups is 1. The highest BCUT2D eigenvalue weighted by Gasteiger charge is 2.44. The maximum absolute atomic E-state index is 12.4. The van der Waals surface area contributed by atoms with Crippen molar-refractivity contribution in [2.24, 2.45) is 0 Å². The van der Waals surface area contributed by atoms with E-state index >= 15 is 0 Å². The van der Waals surface area contributed by atoms with Crippen molar-refractivity contribution in [3.63, 3.8) is 0 Å². The van der Waals surface area contributed by atoms with Gasteiger partial charge in [0.1, 0.15) is 11.3 Å². The van der Waals surface area contributed by atoms with E-state index in [1.165, 1.54) is 12.8 Å². The molecule has 0 atom stereocenters. The molecule has 6 heteroatoms. The Morgan fingerprint density at radius 3 is 2.85 bits per heavy atom. The van der Waals surface area contributed by atoms with Crippen molar-refractivity contribution in [3.05, 3.63) is 23.2 Å². The van der Waals surface area contributed by atoms with E-state index in [0.29, 0.717) is 5.69 Å². The molecule has 0 saturated heterocycles. The van der Waals surface area contributed by atoms with Gasteiger partial charge < -0.3 is 9.47 Å². The van der Waals surface area contributed by atoms with Gasteiger partial charge in [-0.1, -0.05) is 12.8 Å². The number of aromatic nitrogens is 3. The molecule has 1 aliphatic carbocycles. The summed E-state index contributed by atoms with van der Waals surface area (Å²) in [6.45, 7) is 0.754. The van der Waals surface area contributed by atoms with Crippen LogP contribution in [0.1, 0.15) is 36.2 Å². The molecule has 2 aromatic rings. The Morgan fingerprint density at radius 2 is 2.10 bits per heavy atom. The van der Waals surface area contributed by atoms with Crippen LogP contribution in [0.25, 0.3) is 11.0 Å². The van der Waals surface area contributed by atoms with Gasteiger partial charge in [0, 0.05) is 25.2 Å². The molecule has 1 saturated carbocycles. The van der Waals surface area contributed by atoms with Crippen LogP contribution >= 0.6 is 11.6 Å². The predicted octanol–water partition coefficient (Wildman–Crippen LogP) is 2.44. The molecule has 2 aromatic heterocycles. The van der Waals surface area contributed by atoms with E-state index in [-0.39, 0.29) is 16.7 Å². The normalized spacial score (nSPS) is 20.9. The molecule has 1 spiro atoms. The first kappa shape index (κ1) is 12.1. The smallest absolute Gasteiger partial charge is 0.270 e. The number of hydrogen-bond acceptors (Lipinski definition) is 3. The number of hydrogen-bond donors (Lipinski definition) is 0. The number of amides is 1. The molecule has 2 aliphatic rings. The average Bonchev–Trinajstić information content (AvgIpc) is 3.01. The highest BCUT2D eigenvalue weighted by molar-refractivity contribution is 6.28. The van der Waals surface area contributed by atoms with Gasteiger partial charge in [0.05, 0.1) is 5.54 Å². The third-order valence-electron chi connectivity index (χ3n) is 4.62. The first-order chi connectivity index (χ1) is 9.61. The lowest BCUT2D eigenvalue weighted by Gasteiger charge is -2.41. The highest BCUT2D eigenvalue weighted by atomic mass is 35.5. The van der Waals surface area contributed by atoms with E-state index in [9.17, 15) is 4.79 Å². The monoisotopic (exact) mass is 290 g/mol. The van der Waals surface area contributed by atoms with Crippen molar-refractivity contribution in [2.75, 3.05) is 13.6 Å². The van der Waals surface area contributed by atoms with E-state index in [4.69, 9.17) is 11.6 Å². The fourth-order valence-electron chi connectivity index (χ4n) is 3.80. The zero-order valence-corrected chi connectivity index (χ0v) is 12.0. The summed E-state index contributed by atoms with van der Waals surface area (Å²) in [7, 11) is 1.88. The Labute approximate surface area is 121 Å². The summed E-state index contributed by atoms with van der Waals surface area (Å²) >= 11 is 5.95. The molecule has 0 radical (unpaired) electrons. The van der Waals surface area contributed by atoms with Crippen molar-refractivity contribution in [2.45, 2.75) is 31.2 Å². The number of fused-ring (bicyclic) bond motifs is 4. The molecule has 0 aromatic carbocycles. The summed E-state index contributed by atoms with van der Waals surface area (Å²) in [5, 5.41) is 1.12. The number of carbonyl (C=O) groups excluding carboxylic acids is 1. The summed E-state index contributed by atoms with van der Waals surface area (Å²) in [5.74, 6) is 0.0525. The molecular formula is C14H15ClN4O. The molecule has 1 amide bonds. The second-order valence-electron chi connectivity index (χ2n) is 5.88. The van der Waals surface area contributed by atoms with Crippen molar-refractivity contribution in [1.29, 1.82) is 0 Å². The molecule has 0 unspecified atom stereocenters. The Bertz CT molecular complexity index is 717. The lowest BCUT2D eigenvalue weighted by Crippen LogP contribution is -2.50. The van der Waals surface area contributed by atoms with Crippen LogP contribution in [0.3, 0.4) is 0 Å². The first-order valence-corrected chi connectivity index (χ1v) is 7.28. The molecule has 4 rings (SSSR count). The summed E-state index contributed by atoms with van der Waals surface area (Å²) in [5.41, 5.74) is 1.49. The van der Waals surface area contributed by atoms with E-state index in [0.717, 1.165) is 30.4 Å². The fourth-order valence-corrected chi connectivity index (χ4v) is 3.93. The Hall–Kier alpha value is -1.62. The van der Waals surface area contributed by atoms with Crippen LogP contribution in [0.2, 0.25) is 5.28 Å². The number of nitrogens with zero attached hydrogens (tertiary/aromatic N) is 4. The SMILES string of the molecule is CN1CC2(CCCC2)n2c(cc3cnc(Cl)nc32)C1=O. The van der Waals surface area contributed by atoms with Gasteiger partial charge in [0.15, 0.2) is 0 Å². The van der Waals surface area contributed by atoms with Gasteiger partial charge in [-0.3, -0.25) is 4.79 Å². The van der Waals surface area contributed by atoms with Gasteiger partial charge in [-0.15, -0.1) is 0 Å². The first-order valence-electron chi connectivity index (χ1n) is 6.91. The molecule has 3 heterocycles. The van der Waals surface area contributed by atoms with Crippen molar-refractivity contribution in [1.82, 2.24) is 19.4 Å². The molecule has 1 fully saturated rings. The number of rotatable bonds is 0. The zero-order chi connectivity index (χ0) is 13.9. The summed E-state index contributed by atoms with van der Waals surface area (Å²) in [6, 6.07) is 1.89. The van der Waals surface area contributed by atoms with E-state index in [1.807, 2.05) is 18.0 Å². The quantitative estimate of drug-likeness (QED) is 0.700. The second-order valence-corrected chi connectivity index (χ2v) is 6.21. The van der Waals surface area contributed by atoms with E-state index in [2.05, 4.69) is 14.5 Å². The number of halogens is 1. The topological polar surface area (TPSA) is 51.0 Å². The maximum atomic E-state index is 12.4. The van der Waals surface area contributed by atoms with Crippen molar-refractivity contribution < 1.29 is 4.79 Å². The molecule has 1 aliphatic heterocycles. The Kier molecular flexibility index (Phi) is 2.40. The van der Waals surface area contributed by atoms with E-state index < -0.39 is 0 Å². The maximum Gasteiger partial charge on any atom is 0.270 e. The standard InChI is InChI=1S/C14H15ClN4O/c1-18-8-14(4-2-3-5-14)19-10(12(18)20)6-9-7-16-13(15)17-11(9)19/h6-7H,2-5,8H2,1H3. The van der Waals surface area contributed by atoms with Gasteiger partial charge in [-0.2, -0.15) is 4.98 Å². The molecule has 0 bridgehead atoms. The third kappa shape index (κ3) is 1.47. The number of likely N-dealkylation sites (N-methyl/N-ethyl adjacent to an activating group) is 1. The molecule has 20 heavy (non-hydrogen) atoms. The van der Waals surface area contributed by atoms with Crippen LogP contribution < -0.4 is 0 Å². The van der Waals surface area contributed by atoms with Crippen LogP contribution in [-0.2, 0) is 5.54 Å².